The maximum atomic E-state index is 7.76. The van der Waals surface area contributed by atoms with Crippen LogP contribution in [-0.4, -0.2) is 76.5 Å². The molecule has 0 amide bonds. The van der Waals surface area contributed by atoms with Gasteiger partial charge in [-0.25, -0.2) is 13.7 Å². The van der Waals surface area contributed by atoms with E-state index in [1.165, 1.54) is 227 Å². The average Bonchev–Trinajstić information content (AvgIpc) is 0.682. The molecule has 9 heteroatoms. The normalized spacial score (nSPS) is 29.8. The second kappa shape index (κ2) is 33.0. The smallest absolute Gasteiger partial charge is 0.211 e. The van der Waals surface area contributed by atoms with Crippen LogP contribution < -0.4 is 74.4 Å². The SMILES string of the molecule is Cc1c(C)c(C)c(C2=c3cc4c(cc3Oc3cc5c(cc32)C(C)C(C)C(C)N5C)=[N+](C)C(C)C(C)C4C)c(C)c1C.Cc1c(C)c(C)c(C2=c3cc4c5c(c3Oc3c2cc2c6c3C(C)C(C)C(C)N6C(C)C(C)C2C)C(C)C(C)C(C)[N+]=5C(C)C(C)C4C)c(C)c1C.Cc1c(C)c(C)c(C2=c3ccc4c(c3Oc3c2ccc2c3C(C)C(C)C(C)N2C)C(C)C(C)C(C)[N+]=4C)c(C)c1C. The van der Waals surface area contributed by atoms with Crippen LogP contribution in [0.5, 0.6) is 34.5 Å². The fraction of sp³-hybridized carbons (Fsp3) is 0.540. The summed E-state index contributed by atoms with van der Waals surface area (Å²) >= 11 is 0. The molecular formula is C124H163N6O3+3. The van der Waals surface area contributed by atoms with E-state index in [2.05, 4.69) is 387 Å². The van der Waals surface area contributed by atoms with Crippen LogP contribution in [0.1, 0.15) is 375 Å². The standard InChI is InChI=1S/C48H65N2O.2C38H49N2O/c1-20-21(2)29(10)41(30(11)22(20)3)44-39-18-37-27(8)23(4)33(14)49-35(16)25(6)31(12)42(45(37)49)47(39)51-48-40(44)19-38-28(9)24(5)34(15)50-36(17)26(7)32(13)43(48)46(38)50;1-18-19(2)25(8)37(26(9)20(18)3)38-31-14-29-23(6)21(4)27(10)39(12)33(29)16-35(31)41-36-17-34-30(15-32(36)38)24(7)22(5)28(11)40(34)13;1-18-19(2)23(6)33(24(7)20(18)3)36-29-14-16-31-34(25(8)21(4)27(10)39(31)12)37(29)41-38-30(36)15-17-32-35(38)26(9)22(5)28(11)40(32)13/h18-19,23-28,31-36H,1-17H3;14-17,21-24,27-28H,1-13H3;14-17,21-22,25-28H,1-13H3/q3*+1. The van der Waals surface area contributed by atoms with Crippen molar-refractivity contribution in [1.29, 1.82) is 0 Å². The highest BCUT2D eigenvalue weighted by atomic mass is 16.5. The molecular weight excluding hydrogens is 1620 g/mol. The van der Waals surface area contributed by atoms with Gasteiger partial charge in [-0.2, -0.15) is 0 Å². The van der Waals surface area contributed by atoms with E-state index < -0.39 is 0 Å². The summed E-state index contributed by atoms with van der Waals surface area (Å²) in [7, 11) is 9.00. The molecule has 0 aliphatic carbocycles. The van der Waals surface area contributed by atoms with Crippen molar-refractivity contribution < 1.29 is 14.2 Å². The Labute approximate surface area is 800 Å². The van der Waals surface area contributed by atoms with Crippen molar-refractivity contribution in [3.05, 3.63) is 254 Å². The number of fused-ring (bicyclic) bond motifs is 14. The summed E-state index contributed by atoms with van der Waals surface area (Å²) in [6.45, 7) is 93.3. The van der Waals surface area contributed by atoms with E-state index in [0.29, 0.717) is 143 Å². The zero-order chi connectivity index (χ0) is 96.6. The summed E-state index contributed by atoms with van der Waals surface area (Å²) < 4.78 is 29.8. The molecule has 0 N–H and O–H groups in total. The summed E-state index contributed by atoms with van der Waals surface area (Å²) in [4.78, 5) is 7.74. The first kappa shape index (κ1) is 94.2. The molecule has 133 heavy (non-hydrogen) atoms. The molecule has 0 aromatic heterocycles. The van der Waals surface area contributed by atoms with E-state index in [9.17, 15) is 0 Å². The lowest BCUT2D eigenvalue weighted by Crippen LogP contribution is -2.59. The molecule has 9 nitrogen and oxygen atoms in total. The molecule has 0 fully saturated rings. The number of anilines is 3. The first-order valence-electron chi connectivity index (χ1n) is 52.0. The topological polar surface area (TPSA) is 46.4 Å². The summed E-state index contributed by atoms with van der Waals surface area (Å²) in [5.41, 5.74) is 48.8. The maximum absolute atomic E-state index is 7.76. The minimum absolute atomic E-state index is 0.391. The summed E-state index contributed by atoms with van der Waals surface area (Å²) in [6.07, 6.45) is 0. The Kier molecular flexibility index (Phi) is 23.4. The molecule has 20 rings (SSSR count). The van der Waals surface area contributed by atoms with Crippen molar-refractivity contribution in [3.63, 3.8) is 0 Å². The van der Waals surface area contributed by atoms with Gasteiger partial charge in [0.25, 0.3) is 0 Å². The Morgan fingerprint density at radius 1 is 0.263 bits per heavy atom. The van der Waals surface area contributed by atoms with E-state index in [1.54, 1.807) is 0 Å². The predicted molar refractivity (Wildman–Crippen MR) is 563 cm³/mol. The van der Waals surface area contributed by atoms with Crippen LogP contribution in [0.3, 0.4) is 0 Å². The summed E-state index contributed by atoms with van der Waals surface area (Å²) in [5.74, 6) is 14.2. The van der Waals surface area contributed by atoms with Crippen LogP contribution in [0.25, 0.3) is 16.7 Å². The number of hydrogen-bond acceptors (Lipinski definition) is 6. The molecule has 0 spiro atoms. The van der Waals surface area contributed by atoms with Crippen LogP contribution in [0.4, 0.5) is 17.1 Å². The Morgan fingerprint density at radius 3 is 1.17 bits per heavy atom. The monoisotopic (exact) mass is 1780 g/mol. The predicted octanol–water partition coefficient (Wildman–Crippen LogP) is 25.3. The number of rotatable bonds is 3. The summed E-state index contributed by atoms with van der Waals surface area (Å²) in [5, 5.41) is 7.91. The first-order valence-corrected chi connectivity index (χ1v) is 52.0. The number of ether oxygens (including phenoxy) is 3. The van der Waals surface area contributed by atoms with Gasteiger partial charge >= 0.3 is 0 Å². The lowest BCUT2D eigenvalue weighted by molar-refractivity contribution is 0.192. The van der Waals surface area contributed by atoms with E-state index in [0.717, 1.165) is 34.5 Å². The Bertz CT molecular complexity index is 6770. The second-order valence-electron chi connectivity index (χ2n) is 46.1. The van der Waals surface area contributed by atoms with Gasteiger partial charge in [0.2, 0.25) is 16.1 Å². The largest absolute Gasteiger partial charge is 0.456 e. The Hall–Kier alpha value is -9.21. The molecule has 11 heterocycles. The molecule has 704 valence electrons. The Balaban J connectivity index is 0.000000135. The van der Waals surface area contributed by atoms with Gasteiger partial charge in [-0.3, -0.25) is 0 Å². The van der Waals surface area contributed by atoms with Crippen LogP contribution >= 0.6 is 0 Å². The quantitative estimate of drug-likeness (QED) is 0.164. The molecule has 0 bridgehead atoms. The van der Waals surface area contributed by atoms with Gasteiger partial charge in [0.05, 0.1) is 17.2 Å². The van der Waals surface area contributed by atoms with Gasteiger partial charge in [0.1, 0.15) is 48.6 Å². The molecule has 24 atom stereocenters. The minimum atomic E-state index is 0.391. The fourth-order valence-corrected chi connectivity index (χ4v) is 28.0. The molecule has 0 saturated heterocycles. The van der Waals surface area contributed by atoms with Crippen molar-refractivity contribution >= 4 is 33.8 Å². The van der Waals surface area contributed by atoms with E-state index in [1.807, 2.05) is 0 Å². The number of benzene rings is 9. The number of hydrogen-bond donors (Lipinski definition) is 0. The molecule has 11 aliphatic rings. The summed E-state index contributed by atoms with van der Waals surface area (Å²) in [6, 6.07) is 28.1. The van der Waals surface area contributed by atoms with E-state index in [4.69, 9.17) is 14.2 Å². The third-order valence-corrected chi connectivity index (χ3v) is 41.6. The molecule has 24 unspecified atom stereocenters. The third kappa shape index (κ3) is 13.2. The van der Waals surface area contributed by atoms with Crippen molar-refractivity contribution in [1.82, 2.24) is 13.7 Å². The van der Waals surface area contributed by atoms with Crippen LogP contribution in [0.2, 0.25) is 0 Å². The van der Waals surface area contributed by atoms with Gasteiger partial charge in [-0.05, 0) is 372 Å². The van der Waals surface area contributed by atoms with Crippen LogP contribution in [0.15, 0.2) is 60.7 Å². The fourth-order valence-electron chi connectivity index (χ4n) is 28.0. The average molecular weight is 1790 g/mol. The van der Waals surface area contributed by atoms with Crippen LogP contribution in [-0.2, 0) is 0 Å². The number of nitrogens with zero attached hydrogens (tertiary/aromatic N) is 6. The van der Waals surface area contributed by atoms with E-state index in [-0.39, 0.29) is 0 Å². The Morgan fingerprint density at radius 2 is 0.639 bits per heavy atom. The molecule has 0 radical (unpaired) electrons. The van der Waals surface area contributed by atoms with Gasteiger partial charge in [0.15, 0.2) is 24.2 Å². The minimum Gasteiger partial charge on any atom is -0.456 e. The lowest BCUT2D eigenvalue weighted by atomic mass is 9.68. The van der Waals surface area contributed by atoms with Crippen molar-refractivity contribution in [2.45, 2.75) is 366 Å². The van der Waals surface area contributed by atoms with Gasteiger partial charge < -0.3 is 28.9 Å². The van der Waals surface area contributed by atoms with Crippen LogP contribution in [0, 0.1) is 151 Å². The zero-order valence-corrected chi connectivity index (χ0v) is 90.0. The first-order chi connectivity index (χ1) is 62.5. The van der Waals surface area contributed by atoms with E-state index >= 15 is 0 Å². The highest BCUT2D eigenvalue weighted by Crippen LogP contribution is 2.61. The molecule has 0 saturated carbocycles. The zero-order valence-electron chi connectivity index (χ0n) is 90.0. The van der Waals surface area contributed by atoms with Gasteiger partial charge in [-0.15, -0.1) is 0 Å². The van der Waals surface area contributed by atoms with Crippen molar-refractivity contribution in [2.24, 2.45) is 47.3 Å². The molecule has 9 aromatic rings. The van der Waals surface area contributed by atoms with Gasteiger partial charge in [-0.1, -0.05) is 111 Å². The van der Waals surface area contributed by atoms with Crippen molar-refractivity contribution in [3.8, 4) is 34.5 Å². The third-order valence-electron chi connectivity index (χ3n) is 41.6. The highest BCUT2D eigenvalue weighted by Gasteiger charge is 2.53. The van der Waals surface area contributed by atoms with Crippen molar-refractivity contribution in [2.75, 3.05) is 42.9 Å². The molecule has 11 aliphatic heterocycles. The molecule has 9 aromatic carbocycles. The second-order valence-corrected chi connectivity index (χ2v) is 46.1. The maximum Gasteiger partial charge on any atom is 0.211 e. The van der Waals surface area contributed by atoms with Gasteiger partial charge in [0, 0.05) is 174 Å². The highest BCUT2D eigenvalue weighted by molar-refractivity contribution is 5.95. The lowest BCUT2D eigenvalue weighted by Gasteiger charge is -2.54.